The van der Waals surface area contributed by atoms with Gasteiger partial charge in [-0.15, -0.1) is 0 Å². The summed E-state index contributed by atoms with van der Waals surface area (Å²) in [6, 6.07) is 13.2. The molecule has 1 N–H and O–H groups in total. The lowest BCUT2D eigenvalue weighted by molar-refractivity contribution is -0.182. The molecule has 1 heterocycles. The second kappa shape index (κ2) is 8.53. The van der Waals surface area contributed by atoms with Gasteiger partial charge in [0.25, 0.3) is 0 Å². The van der Waals surface area contributed by atoms with Crippen LogP contribution < -0.4 is 9.47 Å². The number of esters is 1. The molecule has 1 aliphatic rings. The number of hydrogen-bond acceptors (Lipinski definition) is 6. The first-order chi connectivity index (χ1) is 13.9. The fraction of sp³-hybridized carbons (Fsp3) is 0.364. The molecular weight excluding hydrogens is 374 g/mol. The summed E-state index contributed by atoms with van der Waals surface area (Å²) in [6.45, 7) is 1.51. The molecule has 0 spiro atoms. The van der Waals surface area contributed by atoms with Gasteiger partial charge in [-0.05, 0) is 42.3 Å². The normalized spacial score (nSPS) is 19.5. The van der Waals surface area contributed by atoms with Crippen molar-refractivity contribution >= 4 is 11.9 Å². The van der Waals surface area contributed by atoms with Crippen molar-refractivity contribution in [1.29, 1.82) is 0 Å². The van der Waals surface area contributed by atoms with E-state index in [1.807, 2.05) is 24.3 Å². The highest BCUT2D eigenvalue weighted by Gasteiger charge is 2.57. The Morgan fingerprint density at radius 1 is 0.931 bits per heavy atom. The van der Waals surface area contributed by atoms with E-state index in [1.54, 1.807) is 38.5 Å². The molecule has 0 aromatic heterocycles. The summed E-state index contributed by atoms with van der Waals surface area (Å²) in [5.41, 5.74) is 1.62. The zero-order valence-corrected chi connectivity index (χ0v) is 16.9. The van der Waals surface area contributed by atoms with Crippen molar-refractivity contribution in [3.63, 3.8) is 0 Å². The number of hydrogen-bond donors (Lipinski definition) is 1. The van der Waals surface area contributed by atoms with Gasteiger partial charge in [0.1, 0.15) is 17.5 Å². The quantitative estimate of drug-likeness (QED) is 0.567. The summed E-state index contributed by atoms with van der Waals surface area (Å²) < 4.78 is 15.4. The molecule has 29 heavy (non-hydrogen) atoms. The van der Waals surface area contributed by atoms with Crippen molar-refractivity contribution in [1.82, 2.24) is 4.90 Å². The van der Waals surface area contributed by atoms with E-state index in [0.29, 0.717) is 11.5 Å². The third kappa shape index (κ3) is 3.78. The molecule has 7 heteroatoms. The molecule has 1 saturated heterocycles. The van der Waals surface area contributed by atoms with Gasteiger partial charge in [-0.25, -0.2) is 4.79 Å². The number of likely N-dealkylation sites (tertiary alicyclic amines) is 1. The minimum absolute atomic E-state index is 0.299. The predicted octanol–water partition coefficient (Wildman–Crippen LogP) is 2.17. The largest absolute Gasteiger partial charge is 0.497 e. The molecule has 0 radical (unpaired) electrons. The fourth-order valence-electron chi connectivity index (χ4n) is 3.76. The average Bonchev–Trinajstić information content (AvgIpc) is 2.74. The lowest BCUT2D eigenvalue weighted by Gasteiger charge is -2.50. The maximum Gasteiger partial charge on any atom is 0.329 e. The van der Waals surface area contributed by atoms with Gasteiger partial charge in [-0.1, -0.05) is 24.3 Å². The van der Waals surface area contributed by atoms with Crippen molar-refractivity contribution in [3.8, 4) is 11.5 Å². The smallest absolute Gasteiger partial charge is 0.329 e. The molecule has 0 saturated carbocycles. The van der Waals surface area contributed by atoms with Gasteiger partial charge in [-0.2, -0.15) is 0 Å². The molecule has 3 atom stereocenters. The van der Waals surface area contributed by atoms with Gasteiger partial charge < -0.3 is 24.2 Å². The topological polar surface area (TPSA) is 85.3 Å². The molecule has 1 unspecified atom stereocenters. The first-order valence-electron chi connectivity index (χ1n) is 9.29. The van der Waals surface area contributed by atoms with Crippen molar-refractivity contribution in [2.45, 2.75) is 25.1 Å². The maximum atomic E-state index is 13.0. The SMILES string of the molecule is COC(=O)[C@@H]1[C@@H](C(C)O)C(=O)N1C(c1ccc(OC)cc1)c1ccc(OC)cc1. The van der Waals surface area contributed by atoms with Gasteiger partial charge in [0.15, 0.2) is 0 Å². The maximum absolute atomic E-state index is 13.0. The number of aliphatic hydroxyl groups excluding tert-OH is 1. The van der Waals surface area contributed by atoms with Gasteiger partial charge in [0, 0.05) is 0 Å². The lowest BCUT2D eigenvalue weighted by atomic mass is 9.79. The molecular formula is C22H25NO6. The summed E-state index contributed by atoms with van der Waals surface area (Å²) in [7, 11) is 4.43. The number of carbonyl (C=O) groups excluding carboxylic acids is 2. The van der Waals surface area contributed by atoms with Crippen LogP contribution in [0, 0.1) is 5.92 Å². The Morgan fingerprint density at radius 3 is 1.72 bits per heavy atom. The van der Waals surface area contributed by atoms with Crippen LogP contribution in [-0.2, 0) is 14.3 Å². The summed E-state index contributed by atoms with van der Waals surface area (Å²) in [6.07, 6.45) is -0.963. The third-order valence-corrected chi connectivity index (χ3v) is 5.28. The van der Waals surface area contributed by atoms with E-state index in [2.05, 4.69) is 0 Å². The Kier molecular flexibility index (Phi) is 6.08. The number of nitrogens with zero attached hydrogens (tertiary/aromatic N) is 1. The summed E-state index contributed by atoms with van der Waals surface area (Å²) in [4.78, 5) is 26.9. The monoisotopic (exact) mass is 399 g/mol. The third-order valence-electron chi connectivity index (χ3n) is 5.28. The second-order valence-corrected chi connectivity index (χ2v) is 6.93. The van der Waals surface area contributed by atoms with Crippen molar-refractivity contribution in [2.75, 3.05) is 21.3 Å². The number of carbonyl (C=O) groups is 2. The highest BCUT2D eigenvalue weighted by molar-refractivity contribution is 5.98. The van der Waals surface area contributed by atoms with E-state index in [9.17, 15) is 14.7 Å². The van der Waals surface area contributed by atoms with Crippen LogP contribution in [0.1, 0.15) is 24.1 Å². The first-order valence-corrected chi connectivity index (χ1v) is 9.29. The van der Waals surface area contributed by atoms with E-state index in [-0.39, 0.29) is 5.91 Å². The molecule has 0 bridgehead atoms. The highest BCUT2D eigenvalue weighted by atomic mass is 16.5. The van der Waals surface area contributed by atoms with Crippen LogP contribution in [0.3, 0.4) is 0 Å². The van der Waals surface area contributed by atoms with Crippen LogP contribution in [0.5, 0.6) is 11.5 Å². The Hall–Kier alpha value is -3.06. The molecule has 0 aliphatic carbocycles. The molecule has 2 aromatic rings. The van der Waals surface area contributed by atoms with Gasteiger partial charge in [0.05, 0.1) is 39.4 Å². The van der Waals surface area contributed by atoms with Crippen LogP contribution in [0.25, 0.3) is 0 Å². The lowest BCUT2D eigenvalue weighted by Crippen LogP contribution is -2.68. The minimum Gasteiger partial charge on any atom is -0.497 e. The summed E-state index contributed by atoms with van der Waals surface area (Å²) >= 11 is 0. The zero-order chi connectivity index (χ0) is 21.1. The Labute approximate surface area is 169 Å². The highest BCUT2D eigenvalue weighted by Crippen LogP contribution is 2.42. The predicted molar refractivity (Wildman–Crippen MR) is 106 cm³/mol. The van der Waals surface area contributed by atoms with Crippen LogP contribution in [0.2, 0.25) is 0 Å². The van der Waals surface area contributed by atoms with Crippen molar-refractivity contribution < 1.29 is 28.9 Å². The van der Waals surface area contributed by atoms with E-state index in [1.165, 1.54) is 18.9 Å². The second-order valence-electron chi connectivity index (χ2n) is 6.93. The summed E-state index contributed by atoms with van der Waals surface area (Å²) in [5, 5.41) is 10.0. The van der Waals surface area contributed by atoms with Crippen LogP contribution in [-0.4, -0.2) is 55.4 Å². The van der Waals surface area contributed by atoms with E-state index >= 15 is 0 Å². The van der Waals surface area contributed by atoms with Crippen LogP contribution >= 0.6 is 0 Å². The van der Waals surface area contributed by atoms with Crippen molar-refractivity contribution in [3.05, 3.63) is 59.7 Å². The number of benzene rings is 2. The standard InChI is InChI=1S/C22H25NO6/c1-13(24)18-20(22(26)29-4)23(21(18)25)19(14-5-9-16(27-2)10-6-14)15-7-11-17(28-3)12-8-15/h5-13,18-20,24H,1-4H3/t13?,18-,20+/m1/s1. The number of aliphatic hydroxyl groups is 1. The number of methoxy groups -OCH3 is 3. The van der Waals surface area contributed by atoms with Gasteiger partial charge in [0.2, 0.25) is 5.91 Å². The fourth-order valence-corrected chi connectivity index (χ4v) is 3.76. The molecule has 154 valence electrons. The van der Waals surface area contributed by atoms with Crippen LogP contribution in [0.4, 0.5) is 0 Å². The molecule has 3 rings (SSSR count). The number of β-lactam (4-membered cyclic amide) rings is 1. The Morgan fingerprint density at radius 2 is 1.38 bits per heavy atom. The zero-order valence-electron chi connectivity index (χ0n) is 16.9. The summed E-state index contributed by atoms with van der Waals surface area (Å²) in [5.74, 6) is -0.317. The molecule has 2 aromatic carbocycles. The minimum atomic E-state index is -0.963. The molecule has 7 nitrogen and oxygen atoms in total. The molecule has 1 fully saturated rings. The van der Waals surface area contributed by atoms with Gasteiger partial charge >= 0.3 is 5.97 Å². The van der Waals surface area contributed by atoms with E-state index < -0.39 is 30.1 Å². The van der Waals surface area contributed by atoms with Gasteiger partial charge in [-0.3, -0.25) is 4.79 Å². The Balaban J connectivity index is 2.07. The number of rotatable bonds is 7. The first kappa shape index (κ1) is 20.7. The van der Waals surface area contributed by atoms with E-state index in [0.717, 1.165) is 11.1 Å². The van der Waals surface area contributed by atoms with Crippen LogP contribution in [0.15, 0.2) is 48.5 Å². The number of amides is 1. The number of ether oxygens (including phenoxy) is 3. The van der Waals surface area contributed by atoms with E-state index in [4.69, 9.17) is 14.2 Å². The molecule has 1 aliphatic heterocycles. The van der Waals surface area contributed by atoms with Crippen molar-refractivity contribution in [2.24, 2.45) is 5.92 Å². The molecule has 1 amide bonds. The average molecular weight is 399 g/mol. The Bertz CT molecular complexity index is 814.